The van der Waals surface area contributed by atoms with Crippen LogP contribution < -0.4 is 0 Å². The molecule has 11 heavy (non-hydrogen) atoms. The van der Waals surface area contributed by atoms with Crippen LogP contribution in [-0.4, -0.2) is 0 Å². The van der Waals surface area contributed by atoms with E-state index in [-0.39, 0.29) is 0 Å². The van der Waals surface area contributed by atoms with Gasteiger partial charge in [-0.3, -0.25) is 0 Å². The van der Waals surface area contributed by atoms with Crippen LogP contribution >= 0.6 is 11.3 Å². The van der Waals surface area contributed by atoms with E-state index in [0.29, 0.717) is 0 Å². The van der Waals surface area contributed by atoms with Crippen molar-refractivity contribution in [3.8, 4) is 0 Å². The molecule has 1 aromatic heterocycles. The lowest BCUT2D eigenvalue weighted by atomic mass is 9.74. The Bertz CT molecular complexity index is 280. The summed E-state index contributed by atoms with van der Waals surface area (Å²) >= 11 is 1.86. The third-order valence-electron chi connectivity index (χ3n) is 2.89. The monoisotopic (exact) mass is 162 g/mol. The summed E-state index contributed by atoms with van der Waals surface area (Å²) in [6.07, 6.45) is 7.54. The minimum absolute atomic E-state index is 0.765. The summed E-state index contributed by atoms with van der Waals surface area (Å²) in [4.78, 5) is 0. The van der Waals surface area contributed by atoms with E-state index in [0.717, 1.165) is 11.8 Å². The second kappa shape index (κ2) is 1.98. The number of rotatable bonds is 0. The van der Waals surface area contributed by atoms with Crippen LogP contribution in [0.4, 0.5) is 0 Å². The van der Waals surface area contributed by atoms with Crippen LogP contribution in [0.15, 0.2) is 22.9 Å². The molecule has 4 rings (SSSR count). The highest BCUT2D eigenvalue weighted by Crippen LogP contribution is 2.46. The zero-order valence-electron chi connectivity index (χ0n) is 6.29. The van der Waals surface area contributed by atoms with Gasteiger partial charge in [0.15, 0.2) is 0 Å². The summed E-state index contributed by atoms with van der Waals surface area (Å²) in [7, 11) is 0. The zero-order valence-corrected chi connectivity index (χ0v) is 7.10. The smallest absolute Gasteiger partial charge is 0.00297 e. The second-order valence-corrected chi connectivity index (χ2v) is 4.20. The Hall–Kier alpha value is -0.560. The molecular formula is C10H10S. The van der Waals surface area contributed by atoms with Crippen LogP contribution in [0.2, 0.25) is 0 Å². The lowest BCUT2D eigenvalue weighted by molar-refractivity contribution is 0.557. The summed E-state index contributed by atoms with van der Waals surface area (Å²) in [5, 5.41) is 4.66. The molecule has 2 bridgehead atoms. The number of thiophene rings is 1. The maximum Gasteiger partial charge on any atom is 0.00297 e. The largest absolute Gasteiger partial charge is 0.152 e. The third kappa shape index (κ3) is 0.694. The number of hydrogen-bond acceptors (Lipinski definition) is 1. The lowest BCUT2D eigenvalue weighted by Crippen LogP contribution is -2.14. The van der Waals surface area contributed by atoms with Crippen LogP contribution in [0, 0.1) is 0 Å². The molecule has 3 aliphatic carbocycles. The van der Waals surface area contributed by atoms with Gasteiger partial charge in [-0.15, -0.1) is 0 Å². The van der Waals surface area contributed by atoms with E-state index in [1.165, 1.54) is 12.8 Å². The molecule has 56 valence electrons. The van der Waals surface area contributed by atoms with Gasteiger partial charge in [0.1, 0.15) is 0 Å². The van der Waals surface area contributed by atoms with Gasteiger partial charge in [0, 0.05) is 11.8 Å². The predicted octanol–water partition coefficient (Wildman–Crippen LogP) is 3.28. The molecule has 0 N–H and O–H groups in total. The van der Waals surface area contributed by atoms with E-state index in [1.807, 2.05) is 11.3 Å². The SMILES string of the molecule is C1=C[C@H]2CC[C@@H]1c1cscc12. The van der Waals surface area contributed by atoms with Crippen molar-refractivity contribution in [3.05, 3.63) is 34.0 Å². The zero-order chi connectivity index (χ0) is 7.26. The van der Waals surface area contributed by atoms with Crippen molar-refractivity contribution in [2.45, 2.75) is 24.7 Å². The van der Waals surface area contributed by atoms with Crippen molar-refractivity contribution in [3.63, 3.8) is 0 Å². The Kier molecular flexibility index (Phi) is 1.08. The Morgan fingerprint density at radius 1 is 1.00 bits per heavy atom. The molecule has 0 unspecified atom stereocenters. The minimum Gasteiger partial charge on any atom is -0.152 e. The molecule has 3 aliphatic rings. The van der Waals surface area contributed by atoms with Crippen LogP contribution in [0.3, 0.4) is 0 Å². The second-order valence-electron chi connectivity index (χ2n) is 3.46. The van der Waals surface area contributed by atoms with Crippen molar-refractivity contribution in [1.82, 2.24) is 0 Å². The summed E-state index contributed by atoms with van der Waals surface area (Å²) in [6, 6.07) is 0. The molecule has 0 fully saturated rings. The van der Waals surface area contributed by atoms with Gasteiger partial charge in [0.25, 0.3) is 0 Å². The summed E-state index contributed by atoms with van der Waals surface area (Å²) in [5.41, 5.74) is 3.24. The van der Waals surface area contributed by atoms with E-state index >= 15 is 0 Å². The molecule has 0 radical (unpaired) electrons. The maximum atomic E-state index is 2.39. The molecule has 0 aliphatic heterocycles. The van der Waals surface area contributed by atoms with Crippen LogP contribution in [0.25, 0.3) is 0 Å². The maximum absolute atomic E-state index is 2.39. The average molecular weight is 162 g/mol. The van der Waals surface area contributed by atoms with Crippen LogP contribution in [0.1, 0.15) is 35.8 Å². The highest BCUT2D eigenvalue weighted by atomic mass is 32.1. The van der Waals surface area contributed by atoms with Crippen molar-refractivity contribution < 1.29 is 0 Å². The van der Waals surface area contributed by atoms with Crippen molar-refractivity contribution >= 4 is 11.3 Å². The average Bonchev–Trinajstić information content (AvgIpc) is 2.55. The van der Waals surface area contributed by atoms with Gasteiger partial charge >= 0.3 is 0 Å². The molecule has 0 saturated heterocycles. The molecule has 1 heteroatoms. The number of allylic oxidation sites excluding steroid dienone is 2. The van der Waals surface area contributed by atoms with Gasteiger partial charge in [0.2, 0.25) is 0 Å². The highest BCUT2D eigenvalue weighted by molar-refractivity contribution is 7.08. The molecule has 0 amide bonds. The first-order valence-electron chi connectivity index (χ1n) is 4.19. The molecule has 2 atom stereocenters. The summed E-state index contributed by atoms with van der Waals surface area (Å²) in [6.45, 7) is 0. The van der Waals surface area contributed by atoms with E-state index in [9.17, 15) is 0 Å². The summed E-state index contributed by atoms with van der Waals surface area (Å²) in [5.74, 6) is 1.53. The first kappa shape index (κ1) is 6.01. The van der Waals surface area contributed by atoms with Crippen LogP contribution in [-0.2, 0) is 0 Å². The van der Waals surface area contributed by atoms with Crippen molar-refractivity contribution in [2.24, 2.45) is 0 Å². The fourth-order valence-corrected chi connectivity index (χ4v) is 3.24. The first-order valence-corrected chi connectivity index (χ1v) is 5.14. The van der Waals surface area contributed by atoms with E-state index < -0.39 is 0 Å². The van der Waals surface area contributed by atoms with Crippen molar-refractivity contribution in [2.75, 3.05) is 0 Å². The Morgan fingerprint density at radius 3 is 2.00 bits per heavy atom. The summed E-state index contributed by atoms with van der Waals surface area (Å²) < 4.78 is 0. The molecule has 0 saturated carbocycles. The predicted molar refractivity (Wildman–Crippen MR) is 48.2 cm³/mol. The molecule has 1 heterocycles. The minimum atomic E-state index is 0.765. The van der Waals surface area contributed by atoms with Gasteiger partial charge < -0.3 is 0 Å². The van der Waals surface area contributed by atoms with Gasteiger partial charge in [-0.05, 0) is 34.7 Å². The first-order chi connectivity index (χ1) is 5.45. The Morgan fingerprint density at radius 2 is 1.55 bits per heavy atom. The molecule has 0 nitrogen and oxygen atoms in total. The fraction of sp³-hybridized carbons (Fsp3) is 0.400. The number of fused-ring (bicyclic) bond motifs is 1. The van der Waals surface area contributed by atoms with E-state index in [1.54, 1.807) is 11.1 Å². The van der Waals surface area contributed by atoms with Crippen molar-refractivity contribution in [1.29, 1.82) is 0 Å². The Labute approximate surface area is 70.6 Å². The highest BCUT2D eigenvalue weighted by Gasteiger charge is 2.28. The van der Waals surface area contributed by atoms with E-state index in [2.05, 4.69) is 22.9 Å². The van der Waals surface area contributed by atoms with Crippen LogP contribution in [0.5, 0.6) is 0 Å². The Balaban J connectivity index is 2.25. The molecule has 0 aromatic carbocycles. The lowest BCUT2D eigenvalue weighted by Gasteiger charge is -2.30. The van der Waals surface area contributed by atoms with Gasteiger partial charge in [-0.2, -0.15) is 11.3 Å². The molecule has 0 spiro atoms. The van der Waals surface area contributed by atoms with Gasteiger partial charge in [-0.1, -0.05) is 12.2 Å². The normalized spacial score (nSPS) is 32.4. The van der Waals surface area contributed by atoms with Gasteiger partial charge in [0.05, 0.1) is 0 Å². The van der Waals surface area contributed by atoms with E-state index in [4.69, 9.17) is 0 Å². The fourth-order valence-electron chi connectivity index (χ4n) is 2.26. The third-order valence-corrected chi connectivity index (χ3v) is 3.67. The standard InChI is InChI=1S/C10H10S/c1-2-8-4-3-7(1)9-5-11-6-10(8)9/h1-2,5-8H,3-4H2/t7-,8+. The number of hydrogen-bond donors (Lipinski definition) is 0. The topological polar surface area (TPSA) is 0 Å². The molecule has 1 aromatic rings. The van der Waals surface area contributed by atoms with Gasteiger partial charge in [-0.25, -0.2) is 0 Å². The quantitative estimate of drug-likeness (QED) is 0.513. The molecular weight excluding hydrogens is 152 g/mol.